The molecule has 0 aliphatic heterocycles. The SMILES string of the molecule is CC(O)C(N)c1c(N)cccc1F. The monoisotopic (exact) mass is 184 g/mol. The number of benzene rings is 1. The Bertz CT molecular complexity index is 281. The first-order valence-electron chi connectivity index (χ1n) is 4.01. The summed E-state index contributed by atoms with van der Waals surface area (Å²) < 4.78 is 13.2. The summed E-state index contributed by atoms with van der Waals surface area (Å²) >= 11 is 0. The van der Waals surface area contributed by atoms with E-state index in [9.17, 15) is 9.50 Å². The van der Waals surface area contributed by atoms with Gasteiger partial charge in [0.05, 0.1) is 12.1 Å². The Morgan fingerprint density at radius 2 is 2.08 bits per heavy atom. The van der Waals surface area contributed by atoms with Crippen molar-refractivity contribution in [2.24, 2.45) is 5.73 Å². The van der Waals surface area contributed by atoms with E-state index in [4.69, 9.17) is 11.5 Å². The molecule has 1 aromatic carbocycles. The zero-order valence-electron chi connectivity index (χ0n) is 7.37. The topological polar surface area (TPSA) is 72.3 Å². The number of aliphatic hydroxyl groups excluding tert-OH is 1. The Morgan fingerprint density at radius 1 is 1.46 bits per heavy atom. The lowest BCUT2D eigenvalue weighted by Gasteiger charge is -2.17. The van der Waals surface area contributed by atoms with E-state index in [0.717, 1.165) is 0 Å². The molecule has 0 fully saturated rings. The zero-order chi connectivity index (χ0) is 10.0. The van der Waals surface area contributed by atoms with Crippen molar-refractivity contribution in [3.63, 3.8) is 0 Å². The van der Waals surface area contributed by atoms with Crippen LogP contribution in [-0.2, 0) is 0 Å². The van der Waals surface area contributed by atoms with E-state index in [0.29, 0.717) is 0 Å². The van der Waals surface area contributed by atoms with Crippen LogP contribution in [0.4, 0.5) is 10.1 Å². The van der Waals surface area contributed by atoms with Crippen LogP contribution in [0.3, 0.4) is 0 Å². The van der Waals surface area contributed by atoms with E-state index in [1.165, 1.54) is 19.1 Å². The zero-order valence-corrected chi connectivity index (χ0v) is 7.37. The van der Waals surface area contributed by atoms with E-state index >= 15 is 0 Å². The van der Waals surface area contributed by atoms with E-state index in [1.807, 2.05) is 0 Å². The molecule has 0 amide bonds. The van der Waals surface area contributed by atoms with Crippen molar-refractivity contribution in [2.45, 2.75) is 19.1 Å². The van der Waals surface area contributed by atoms with Gasteiger partial charge in [-0.25, -0.2) is 4.39 Å². The number of hydrogen-bond donors (Lipinski definition) is 3. The van der Waals surface area contributed by atoms with Gasteiger partial charge in [0, 0.05) is 11.3 Å². The fraction of sp³-hybridized carbons (Fsp3) is 0.333. The summed E-state index contributed by atoms with van der Waals surface area (Å²) in [6.45, 7) is 1.50. The Morgan fingerprint density at radius 3 is 2.54 bits per heavy atom. The quantitative estimate of drug-likeness (QED) is 0.595. The summed E-state index contributed by atoms with van der Waals surface area (Å²) in [6.07, 6.45) is -0.820. The maximum Gasteiger partial charge on any atom is 0.130 e. The fourth-order valence-electron chi connectivity index (χ4n) is 1.15. The third-order valence-electron chi connectivity index (χ3n) is 1.94. The highest BCUT2D eigenvalue weighted by Gasteiger charge is 2.18. The molecular formula is C9H13FN2O. The number of hydrogen-bond acceptors (Lipinski definition) is 3. The largest absolute Gasteiger partial charge is 0.398 e. The second kappa shape index (κ2) is 3.72. The van der Waals surface area contributed by atoms with Crippen molar-refractivity contribution >= 4 is 5.69 Å². The Labute approximate surface area is 76.2 Å². The van der Waals surface area contributed by atoms with E-state index in [-0.39, 0.29) is 11.3 Å². The van der Waals surface area contributed by atoms with E-state index in [2.05, 4.69) is 0 Å². The van der Waals surface area contributed by atoms with E-state index in [1.54, 1.807) is 6.07 Å². The molecule has 0 aromatic heterocycles. The van der Waals surface area contributed by atoms with Crippen LogP contribution in [0.1, 0.15) is 18.5 Å². The number of aliphatic hydroxyl groups is 1. The van der Waals surface area contributed by atoms with Gasteiger partial charge in [-0.3, -0.25) is 0 Å². The molecule has 72 valence electrons. The van der Waals surface area contributed by atoms with Gasteiger partial charge < -0.3 is 16.6 Å². The maximum atomic E-state index is 13.2. The van der Waals surface area contributed by atoms with Gasteiger partial charge in [0.25, 0.3) is 0 Å². The number of anilines is 1. The minimum Gasteiger partial charge on any atom is -0.398 e. The highest BCUT2D eigenvalue weighted by atomic mass is 19.1. The standard InChI is InChI=1S/C9H13FN2O/c1-5(13)9(12)8-6(10)3-2-4-7(8)11/h2-5,9,13H,11-12H2,1H3. The Hall–Kier alpha value is -1.13. The molecule has 0 bridgehead atoms. The molecule has 1 rings (SSSR count). The first kappa shape index (κ1) is 9.95. The average molecular weight is 184 g/mol. The van der Waals surface area contributed by atoms with Crippen molar-refractivity contribution in [3.8, 4) is 0 Å². The molecule has 1 aromatic rings. The second-order valence-electron chi connectivity index (χ2n) is 3.01. The predicted octanol–water partition coefficient (Wildman–Crippen LogP) is 0.788. The summed E-state index contributed by atoms with van der Waals surface area (Å²) in [6, 6.07) is 3.55. The molecular weight excluding hydrogens is 171 g/mol. The highest BCUT2D eigenvalue weighted by Crippen LogP contribution is 2.23. The third kappa shape index (κ3) is 1.96. The van der Waals surface area contributed by atoms with Gasteiger partial charge in [-0.05, 0) is 19.1 Å². The lowest BCUT2D eigenvalue weighted by atomic mass is 10.0. The number of nitrogen functional groups attached to an aromatic ring is 1. The molecule has 4 heteroatoms. The summed E-state index contributed by atoms with van der Waals surface area (Å²) in [5.41, 5.74) is 11.5. The van der Waals surface area contributed by atoms with Gasteiger partial charge in [-0.15, -0.1) is 0 Å². The molecule has 2 unspecified atom stereocenters. The van der Waals surface area contributed by atoms with Gasteiger partial charge >= 0.3 is 0 Å². The summed E-state index contributed by atoms with van der Waals surface area (Å²) in [7, 11) is 0. The molecule has 0 saturated heterocycles. The molecule has 0 radical (unpaired) electrons. The first-order valence-corrected chi connectivity index (χ1v) is 4.01. The van der Waals surface area contributed by atoms with Gasteiger partial charge in [-0.1, -0.05) is 6.07 Å². The minimum atomic E-state index is -0.820. The Balaban J connectivity index is 3.12. The molecule has 0 saturated carbocycles. The predicted molar refractivity (Wildman–Crippen MR) is 49.4 cm³/mol. The molecule has 0 aliphatic carbocycles. The summed E-state index contributed by atoms with van der Waals surface area (Å²) in [5, 5.41) is 9.18. The van der Waals surface area contributed by atoms with Crippen molar-refractivity contribution in [2.75, 3.05) is 5.73 Å². The second-order valence-corrected chi connectivity index (χ2v) is 3.01. The van der Waals surface area contributed by atoms with Crippen LogP contribution >= 0.6 is 0 Å². The van der Waals surface area contributed by atoms with Crippen LogP contribution in [0.5, 0.6) is 0 Å². The van der Waals surface area contributed by atoms with Gasteiger partial charge in [0.1, 0.15) is 5.82 Å². The van der Waals surface area contributed by atoms with Crippen LogP contribution in [0.2, 0.25) is 0 Å². The molecule has 13 heavy (non-hydrogen) atoms. The highest BCUT2D eigenvalue weighted by molar-refractivity contribution is 5.49. The molecule has 2 atom stereocenters. The first-order chi connectivity index (χ1) is 6.04. The smallest absolute Gasteiger partial charge is 0.130 e. The van der Waals surface area contributed by atoms with Gasteiger partial charge in [0.2, 0.25) is 0 Å². The normalized spacial score (nSPS) is 15.4. The average Bonchev–Trinajstić information content (AvgIpc) is 2.03. The molecule has 0 heterocycles. The van der Waals surface area contributed by atoms with Crippen LogP contribution in [0.15, 0.2) is 18.2 Å². The van der Waals surface area contributed by atoms with Gasteiger partial charge in [0.15, 0.2) is 0 Å². The van der Waals surface area contributed by atoms with Crippen molar-refractivity contribution in [1.82, 2.24) is 0 Å². The molecule has 0 aliphatic rings. The Kier molecular flexibility index (Phi) is 2.85. The molecule has 3 nitrogen and oxygen atoms in total. The van der Waals surface area contributed by atoms with Crippen molar-refractivity contribution in [1.29, 1.82) is 0 Å². The maximum absolute atomic E-state index is 13.2. The van der Waals surface area contributed by atoms with Gasteiger partial charge in [-0.2, -0.15) is 0 Å². The van der Waals surface area contributed by atoms with Crippen LogP contribution in [0, 0.1) is 5.82 Å². The van der Waals surface area contributed by atoms with Crippen molar-refractivity contribution < 1.29 is 9.50 Å². The lowest BCUT2D eigenvalue weighted by molar-refractivity contribution is 0.163. The lowest BCUT2D eigenvalue weighted by Crippen LogP contribution is -2.25. The fourth-order valence-corrected chi connectivity index (χ4v) is 1.15. The van der Waals surface area contributed by atoms with Crippen molar-refractivity contribution in [3.05, 3.63) is 29.6 Å². The molecule has 0 spiro atoms. The third-order valence-corrected chi connectivity index (χ3v) is 1.94. The number of halogens is 1. The van der Waals surface area contributed by atoms with Crippen LogP contribution in [-0.4, -0.2) is 11.2 Å². The summed E-state index contributed by atoms with van der Waals surface area (Å²) in [5.74, 6) is -0.478. The molecule has 5 N–H and O–H groups in total. The van der Waals surface area contributed by atoms with E-state index < -0.39 is 18.0 Å². The minimum absolute atomic E-state index is 0.178. The van der Waals surface area contributed by atoms with Crippen LogP contribution in [0.25, 0.3) is 0 Å². The number of rotatable bonds is 2. The number of nitrogens with two attached hydrogens (primary N) is 2. The van der Waals surface area contributed by atoms with Crippen LogP contribution < -0.4 is 11.5 Å². The summed E-state index contributed by atoms with van der Waals surface area (Å²) in [4.78, 5) is 0.